The summed E-state index contributed by atoms with van der Waals surface area (Å²) in [6, 6.07) is 24.1. The third kappa shape index (κ3) is 3.49. The molecule has 1 N–H and O–H groups in total. The summed E-state index contributed by atoms with van der Waals surface area (Å²) in [6.45, 7) is 0. The summed E-state index contributed by atoms with van der Waals surface area (Å²) in [5, 5.41) is 15.0. The summed E-state index contributed by atoms with van der Waals surface area (Å²) in [6.07, 6.45) is 1.36. The quantitative estimate of drug-likeness (QED) is 0.684. The van der Waals surface area contributed by atoms with Crippen LogP contribution >= 0.6 is 6.19 Å². The highest BCUT2D eigenvalue weighted by Crippen LogP contribution is 2.42. The fraction of sp³-hybridized carbons (Fsp3) is 0.105. The van der Waals surface area contributed by atoms with Gasteiger partial charge in [-0.05, 0) is 6.07 Å². The molecule has 0 aliphatic rings. The van der Waals surface area contributed by atoms with Gasteiger partial charge in [0.1, 0.15) is 0 Å². The summed E-state index contributed by atoms with van der Waals surface area (Å²) in [5.41, 5.74) is 0.942. The number of hydrogen-bond acceptors (Lipinski definition) is 3. The molecule has 0 amide bonds. The first kappa shape index (κ1) is 16.7. The third-order valence-corrected chi connectivity index (χ3v) is 8.13. The maximum absolute atomic E-state index is 9.23. The lowest BCUT2D eigenvalue weighted by molar-refractivity contribution is 0.556. The molecule has 0 unspecified atom stereocenters. The number of nitrogens with zero attached hydrogens (tertiary/aromatic N) is 1. The average molecular weight is 352 g/mol. The molecule has 0 bridgehead atoms. The Morgan fingerprint density at radius 1 is 1.00 bits per heavy atom. The Bertz CT molecular complexity index is 814. The number of hydrogen-bond donors (Lipinski definition) is 1. The van der Waals surface area contributed by atoms with Crippen LogP contribution in [0.5, 0.6) is 0 Å². The topological polar surface area (TPSA) is 49.0 Å². The van der Waals surface area contributed by atoms with E-state index in [1.807, 2.05) is 42.5 Å². The smallest absolute Gasteiger partial charge is 0.0950 e. The molecule has 0 aliphatic carbocycles. The molecule has 0 spiro atoms. The second-order valence-electron chi connectivity index (χ2n) is 5.38. The van der Waals surface area contributed by atoms with Gasteiger partial charge in [-0.2, -0.15) is 5.26 Å². The zero-order valence-electron chi connectivity index (χ0n) is 13.0. The number of rotatable bonds is 6. The summed E-state index contributed by atoms with van der Waals surface area (Å²) >= 11 is 6.16. The van der Waals surface area contributed by atoms with E-state index in [1.54, 1.807) is 12.5 Å². The van der Waals surface area contributed by atoms with Crippen LogP contribution < -0.4 is 15.7 Å². The van der Waals surface area contributed by atoms with Crippen molar-refractivity contribution in [3.05, 3.63) is 84.8 Å². The first-order valence-electron chi connectivity index (χ1n) is 7.62. The molecule has 1 aromatic heterocycles. The van der Waals surface area contributed by atoms with Gasteiger partial charge >= 0.3 is 0 Å². The monoisotopic (exact) mass is 352 g/mol. The lowest BCUT2D eigenvalue weighted by atomic mass is 10.1. The van der Waals surface area contributed by atoms with Gasteiger partial charge in [0.2, 0.25) is 0 Å². The van der Waals surface area contributed by atoms with Crippen molar-refractivity contribution in [3.63, 3.8) is 0 Å². The Balaban J connectivity index is 2.06. The maximum Gasteiger partial charge on any atom is 0.0950 e. The Kier molecular flexibility index (Phi) is 5.27. The lowest BCUT2D eigenvalue weighted by Crippen LogP contribution is -2.30. The molecule has 3 nitrogen and oxygen atoms in total. The second kappa shape index (κ2) is 7.59. The van der Waals surface area contributed by atoms with Gasteiger partial charge in [-0.1, -0.05) is 72.5 Å². The molecule has 3 aromatic rings. The number of nitriles is 1. The van der Waals surface area contributed by atoms with E-state index in [1.165, 1.54) is 0 Å². The summed E-state index contributed by atoms with van der Waals surface area (Å²) in [4.78, 5) is 0. The Morgan fingerprint density at radius 3 is 2.04 bits per heavy atom. The van der Waals surface area contributed by atoms with E-state index in [0.717, 1.165) is 16.2 Å². The summed E-state index contributed by atoms with van der Waals surface area (Å²) in [7, 11) is 0. The molecule has 24 heavy (non-hydrogen) atoms. The number of furan rings is 1. The minimum Gasteiger partial charge on any atom is -0.472 e. The Morgan fingerprint density at radius 2 is 1.58 bits per heavy atom. The molecular weight excluding hydrogens is 335 g/mol. The largest absolute Gasteiger partial charge is 0.472 e. The van der Waals surface area contributed by atoms with E-state index in [0.29, 0.717) is 6.42 Å². The predicted molar refractivity (Wildman–Crippen MR) is 101 cm³/mol. The van der Waals surface area contributed by atoms with Gasteiger partial charge in [-0.3, -0.25) is 5.09 Å². The van der Waals surface area contributed by atoms with Crippen LogP contribution in [-0.2, 0) is 11.8 Å². The second-order valence-corrected chi connectivity index (χ2v) is 9.53. The van der Waals surface area contributed by atoms with Crippen molar-refractivity contribution in [2.45, 2.75) is 12.5 Å². The van der Waals surface area contributed by atoms with E-state index in [-0.39, 0.29) is 6.04 Å². The van der Waals surface area contributed by atoms with Gasteiger partial charge in [-0.25, -0.2) is 0 Å². The van der Waals surface area contributed by atoms with E-state index >= 15 is 0 Å². The van der Waals surface area contributed by atoms with E-state index in [2.05, 4.69) is 35.4 Å². The van der Waals surface area contributed by atoms with Gasteiger partial charge in [0.15, 0.2) is 0 Å². The highest BCUT2D eigenvalue weighted by atomic mass is 32.4. The van der Waals surface area contributed by atoms with Gasteiger partial charge < -0.3 is 4.42 Å². The van der Waals surface area contributed by atoms with E-state index in [4.69, 9.17) is 16.2 Å². The van der Waals surface area contributed by atoms with Crippen molar-refractivity contribution in [3.8, 4) is 6.07 Å². The highest BCUT2D eigenvalue weighted by Gasteiger charge is 2.26. The molecule has 0 radical (unpaired) electrons. The minimum atomic E-state index is -2.26. The van der Waals surface area contributed by atoms with Crippen LogP contribution in [0.15, 0.2) is 83.7 Å². The van der Waals surface area contributed by atoms with Gasteiger partial charge in [0.25, 0.3) is 0 Å². The van der Waals surface area contributed by atoms with Crippen LogP contribution in [0.4, 0.5) is 0 Å². The van der Waals surface area contributed by atoms with E-state index < -0.39 is 6.19 Å². The summed E-state index contributed by atoms with van der Waals surface area (Å²) < 4.78 is 5.20. The SMILES string of the molecule is N#CC[C@@H](NP(=S)(c1ccccc1)c1ccccc1)c1ccoc1. The van der Waals surface area contributed by atoms with Crippen LogP contribution in [0.25, 0.3) is 0 Å². The average Bonchev–Trinajstić information content (AvgIpc) is 3.17. The van der Waals surface area contributed by atoms with Crippen molar-refractivity contribution in [2.24, 2.45) is 0 Å². The third-order valence-electron chi connectivity index (χ3n) is 3.82. The van der Waals surface area contributed by atoms with Crippen molar-refractivity contribution < 1.29 is 4.42 Å². The van der Waals surface area contributed by atoms with Gasteiger partial charge in [0.05, 0.1) is 37.2 Å². The fourth-order valence-corrected chi connectivity index (χ4v) is 6.17. The number of nitrogens with one attached hydrogen (secondary N) is 1. The molecule has 1 atom stereocenters. The maximum atomic E-state index is 9.23. The van der Waals surface area contributed by atoms with E-state index in [9.17, 15) is 5.26 Å². The molecule has 0 saturated carbocycles. The van der Waals surface area contributed by atoms with Crippen LogP contribution in [0.1, 0.15) is 18.0 Å². The van der Waals surface area contributed by atoms with Crippen molar-refractivity contribution >= 4 is 28.6 Å². The fourth-order valence-electron chi connectivity index (χ4n) is 2.60. The number of benzene rings is 2. The molecule has 0 fully saturated rings. The lowest BCUT2D eigenvalue weighted by Gasteiger charge is -2.28. The van der Waals surface area contributed by atoms with Gasteiger partial charge in [-0.15, -0.1) is 0 Å². The molecule has 5 heteroatoms. The molecule has 120 valence electrons. The molecule has 1 heterocycles. The van der Waals surface area contributed by atoms with Crippen LogP contribution in [0.3, 0.4) is 0 Å². The summed E-state index contributed by atoms with van der Waals surface area (Å²) in [5.74, 6) is 0. The minimum absolute atomic E-state index is 0.167. The van der Waals surface area contributed by atoms with Crippen molar-refractivity contribution in [1.29, 1.82) is 5.26 Å². The molecule has 3 rings (SSSR count). The molecule has 0 aliphatic heterocycles. The first-order chi connectivity index (χ1) is 11.7. The molecular formula is C19H17N2OPS. The van der Waals surface area contributed by atoms with Crippen LogP contribution in [0, 0.1) is 11.3 Å². The van der Waals surface area contributed by atoms with Crippen LogP contribution in [0.2, 0.25) is 0 Å². The normalized spacial score (nSPS) is 12.5. The van der Waals surface area contributed by atoms with Crippen LogP contribution in [-0.4, -0.2) is 0 Å². The zero-order valence-corrected chi connectivity index (χ0v) is 14.7. The van der Waals surface area contributed by atoms with Crippen molar-refractivity contribution in [1.82, 2.24) is 5.09 Å². The Labute approximate surface area is 147 Å². The standard InChI is InChI=1S/C19H17N2OPS/c20-13-11-19(16-12-14-22-15-16)21-23(24,17-7-3-1-4-8-17)18-9-5-2-6-10-18/h1-10,12,14-15,19H,11H2,(H,21,24)/t19-/m1/s1. The zero-order chi connectivity index (χ0) is 16.8. The first-order valence-corrected chi connectivity index (χ1v) is 10.4. The predicted octanol–water partition coefficient (Wildman–Crippen LogP) is 3.87. The Hall–Kier alpha value is -2.18. The van der Waals surface area contributed by atoms with Crippen molar-refractivity contribution in [2.75, 3.05) is 0 Å². The van der Waals surface area contributed by atoms with Gasteiger partial charge in [0, 0.05) is 16.2 Å². The molecule has 0 saturated heterocycles. The molecule has 2 aromatic carbocycles. The highest BCUT2D eigenvalue weighted by molar-refractivity contribution is 8.20.